The summed E-state index contributed by atoms with van der Waals surface area (Å²) in [5.74, 6) is -0.365. The molecule has 3 rings (SSSR count). The number of likely N-dealkylation sites (tertiary alicyclic amines) is 1. The fourth-order valence-electron chi connectivity index (χ4n) is 3.59. The predicted molar refractivity (Wildman–Crippen MR) is 119 cm³/mol. The normalized spacial score (nSPS) is 18.8. The summed E-state index contributed by atoms with van der Waals surface area (Å²) in [5, 5.41) is 13.6. The molecule has 1 aromatic heterocycles. The van der Waals surface area contributed by atoms with Gasteiger partial charge in [-0.05, 0) is 46.2 Å². The number of aromatic nitrogens is 1. The number of nitrogens with zero attached hydrogens (tertiary/aromatic N) is 2. The van der Waals surface area contributed by atoms with E-state index in [4.69, 9.17) is 9.47 Å². The van der Waals surface area contributed by atoms with Crippen molar-refractivity contribution in [3.8, 4) is 16.3 Å². The van der Waals surface area contributed by atoms with Gasteiger partial charge in [0.25, 0.3) is 0 Å². The molecule has 1 aliphatic rings. The van der Waals surface area contributed by atoms with E-state index in [1.807, 2.05) is 52.0 Å². The van der Waals surface area contributed by atoms with Gasteiger partial charge in [-0.15, -0.1) is 11.3 Å². The zero-order chi connectivity index (χ0) is 22.8. The molecule has 0 aliphatic carbocycles. The van der Waals surface area contributed by atoms with Crippen LogP contribution in [0.25, 0.3) is 10.6 Å². The van der Waals surface area contributed by atoms with Gasteiger partial charge in [0.1, 0.15) is 21.2 Å². The molecule has 2 N–H and O–H groups in total. The number of carboxylic acid groups (broad SMARTS) is 1. The van der Waals surface area contributed by atoms with E-state index < -0.39 is 11.6 Å². The summed E-state index contributed by atoms with van der Waals surface area (Å²) in [4.78, 5) is 30.7. The van der Waals surface area contributed by atoms with Crippen LogP contribution in [0.15, 0.2) is 24.3 Å². The highest BCUT2D eigenvalue weighted by Crippen LogP contribution is 2.34. The number of hydrogen-bond donors (Lipinski definition) is 2. The zero-order valence-corrected chi connectivity index (χ0v) is 19.3. The highest BCUT2D eigenvalue weighted by atomic mass is 32.1. The molecule has 9 heteroatoms. The molecule has 1 fully saturated rings. The van der Waals surface area contributed by atoms with Crippen LogP contribution in [0.1, 0.15) is 49.5 Å². The van der Waals surface area contributed by atoms with E-state index in [2.05, 4.69) is 10.3 Å². The van der Waals surface area contributed by atoms with E-state index in [9.17, 15) is 14.7 Å². The summed E-state index contributed by atoms with van der Waals surface area (Å²) in [6.07, 6.45) is 0.425. The topological polar surface area (TPSA) is 101 Å². The molecule has 0 spiro atoms. The van der Waals surface area contributed by atoms with Gasteiger partial charge in [-0.3, -0.25) is 0 Å². The lowest BCUT2D eigenvalue weighted by Crippen LogP contribution is -2.44. The molecule has 1 aromatic carbocycles. The van der Waals surface area contributed by atoms with Crippen molar-refractivity contribution in [2.75, 3.05) is 13.7 Å². The summed E-state index contributed by atoms with van der Waals surface area (Å²) in [5.41, 5.74) is 0.684. The Morgan fingerprint density at radius 2 is 2.03 bits per heavy atom. The minimum Gasteiger partial charge on any atom is -0.496 e. The first-order valence-corrected chi connectivity index (χ1v) is 11.0. The number of thiazole rings is 1. The largest absolute Gasteiger partial charge is 0.496 e. The SMILES string of the molecule is COc1ccccc1-c1nc(CN[C@@H]2CCN(C(=O)OC(C)(C)C)[C@@H]2C)c(C(=O)O)s1. The highest BCUT2D eigenvalue weighted by Gasteiger charge is 2.36. The molecule has 0 bridgehead atoms. The van der Waals surface area contributed by atoms with E-state index in [0.717, 1.165) is 23.3 Å². The van der Waals surface area contributed by atoms with Gasteiger partial charge in [0.05, 0.1) is 18.4 Å². The first kappa shape index (κ1) is 23.0. The van der Waals surface area contributed by atoms with Crippen molar-refractivity contribution in [3.05, 3.63) is 34.8 Å². The van der Waals surface area contributed by atoms with Crippen molar-refractivity contribution in [2.24, 2.45) is 0 Å². The molecular weight excluding hydrogens is 418 g/mol. The zero-order valence-electron chi connectivity index (χ0n) is 18.5. The molecule has 1 aliphatic heterocycles. The fourth-order valence-corrected chi connectivity index (χ4v) is 4.54. The Hall–Kier alpha value is -2.65. The molecule has 168 valence electrons. The maximum Gasteiger partial charge on any atom is 0.410 e. The number of carbonyl (C=O) groups is 2. The minimum atomic E-state index is -1.01. The fraction of sp³-hybridized carbons (Fsp3) is 0.500. The molecule has 2 heterocycles. The van der Waals surface area contributed by atoms with Crippen LogP contribution in [0.4, 0.5) is 4.79 Å². The second-order valence-electron chi connectivity index (χ2n) is 8.49. The average Bonchev–Trinajstić information content (AvgIpc) is 3.28. The van der Waals surface area contributed by atoms with Crippen molar-refractivity contribution < 1.29 is 24.2 Å². The van der Waals surface area contributed by atoms with Gasteiger partial charge in [0.15, 0.2) is 0 Å². The molecule has 0 saturated carbocycles. The summed E-state index contributed by atoms with van der Waals surface area (Å²) >= 11 is 1.13. The van der Waals surface area contributed by atoms with E-state index in [0.29, 0.717) is 29.5 Å². The third-order valence-electron chi connectivity index (χ3n) is 5.14. The number of aromatic carboxylic acids is 1. The molecule has 1 amide bonds. The quantitative estimate of drug-likeness (QED) is 0.690. The van der Waals surface area contributed by atoms with Gasteiger partial charge in [0, 0.05) is 25.2 Å². The lowest BCUT2D eigenvalue weighted by molar-refractivity contribution is 0.0229. The number of benzene rings is 1. The Balaban J connectivity index is 1.73. The number of para-hydroxylation sites is 1. The number of carbonyl (C=O) groups excluding carboxylic acids is 1. The molecule has 1 saturated heterocycles. The smallest absolute Gasteiger partial charge is 0.410 e. The summed E-state index contributed by atoms with van der Waals surface area (Å²) in [6.45, 7) is 8.38. The molecular formula is C22H29N3O5S. The number of amides is 1. The second kappa shape index (κ2) is 9.23. The number of hydrogen-bond acceptors (Lipinski definition) is 7. The third kappa shape index (κ3) is 5.34. The predicted octanol–water partition coefficient (Wildman–Crippen LogP) is 4.00. The Morgan fingerprint density at radius 1 is 1.32 bits per heavy atom. The van der Waals surface area contributed by atoms with Crippen molar-refractivity contribution in [1.82, 2.24) is 15.2 Å². The van der Waals surface area contributed by atoms with Crippen molar-refractivity contribution >= 4 is 23.4 Å². The van der Waals surface area contributed by atoms with Crippen LogP contribution in [0.5, 0.6) is 5.75 Å². The number of carboxylic acids is 1. The van der Waals surface area contributed by atoms with Gasteiger partial charge in [-0.2, -0.15) is 0 Å². The van der Waals surface area contributed by atoms with Gasteiger partial charge in [0.2, 0.25) is 0 Å². The first-order chi connectivity index (χ1) is 14.6. The molecule has 31 heavy (non-hydrogen) atoms. The standard InChI is InChI=1S/C22H29N3O5S/c1-13-15(10-11-25(13)21(28)30-22(2,3)4)23-12-16-18(20(26)27)31-19(24-16)14-8-6-7-9-17(14)29-5/h6-9,13,15,23H,10-12H2,1-5H3,(H,26,27)/t13-,15-/m1/s1. The highest BCUT2D eigenvalue weighted by molar-refractivity contribution is 7.17. The number of methoxy groups -OCH3 is 1. The summed E-state index contributed by atoms with van der Waals surface area (Å²) in [7, 11) is 1.57. The van der Waals surface area contributed by atoms with Crippen LogP contribution in [0, 0.1) is 0 Å². The van der Waals surface area contributed by atoms with E-state index in [1.54, 1.807) is 12.0 Å². The van der Waals surface area contributed by atoms with Crippen LogP contribution in [0.2, 0.25) is 0 Å². The van der Waals surface area contributed by atoms with Crippen LogP contribution in [0.3, 0.4) is 0 Å². The number of ether oxygens (including phenoxy) is 2. The monoisotopic (exact) mass is 447 g/mol. The second-order valence-corrected chi connectivity index (χ2v) is 9.49. The Labute approximate surface area is 186 Å². The van der Waals surface area contributed by atoms with Crippen molar-refractivity contribution in [1.29, 1.82) is 0 Å². The van der Waals surface area contributed by atoms with E-state index >= 15 is 0 Å². The lowest BCUT2D eigenvalue weighted by atomic mass is 10.1. The van der Waals surface area contributed by atoms with E-state index in [-0.39, 0.29) is 23.1 Å². The van der Waals surface area contributed by atoms with Crippen LogP contribution in [-0.2, 0) is 11.3 Å². The number of rotatable bonds is 6. The van der Waals surface area contributed by atoms with Gasteiger partial charge in [-0.1, -0.05) is 12.1 Å². The third-order valence-corrected chi connectivity index (χ3v) is 6.26. The molecule has 0 radical (unpaired) electrons. The van der Waals surface area contributed by atoms with Crippen LogP contribution in [-0.4, -0.2) is 58.4 Å². The van der Waals surface area contributed by atoms with E-state index in [1.165, 1.54) is 0 Å². The van der Waals surface area contributed by atoms with Crippen LogP contribution >= 0.6 is 11.3 Å². The van der Waals surface area contributed by atoms with Crippen molar-refractivity contribution in [2.45, 2.75) is 58.3 Å². The molecule has 2 atom stereocenters. The van der Waals surface area contributed by atoms with Gasteiger partial charge in [-0.25, -0.2) is 14.6 Å². The van der Waals surface area contributed by atoms with Crippen LogP contribution < -0.4 is 10.1 Å². The Kier molecular flexibility index (Phi) is 6.86. The maximum atomic E-state index is 12.4. The Bertz CT molecular complexity index is 953. The van der Waals surface area contributed by atoms with Gasteiger partial charge < -0.3 is 24.8 Å². The number of nitrogens with one attached hydrogen (secondary N) is 1. The van der Waals surface area contributed by atoms with Crippen molar-refractivity contribution in [3.63, 3.8) is 0 Å². The Morgan fingerprint density at radius 3 is 2.68 bits per heavy atom. The summed E-state index contributed by atoms with van der Waals surface area (Å²) in [6, 6.07) is 7.34. The molecule has 0 unspecified atom stereocenters. The average molecular weight is 448 g/mol. The maximum absolute atomic E-state index is 12.4. The molecule has 8 nitrogen and oxygen atoms in total. The minimum absolute atomic E-state index is 0.0191. The first-order valence-electron chi connectivity index (χ1n) is 10.2. The summed E-state index contributed by atoms with van der Waals surface area (Å²) < 4.78 is 10.9. The van der Waals surface area contributed by atoms with Gasteiger partial charge >= 0.3 is 12.1 Å². The molecule has 2 aromatic rings. The lowest BCUT2D eigenvalue weighted by Gasteiger charge is -2.28.